The number of furan rings is 1. The standard InChI is InChI=1S/C23H27N5O3/c29-21-7-1-6-20-16-12-17(14-27(13-16)15-18-8-10-25-26-18)22(28(20)21)23(30)24-9-2-4-19-5-3-11-31-19/h1,3,5-8,10-11,16-17,22H,2,4,9,12-15H2,(H,24,30)(H,25,26)/t16-,17+,22+/m0/s1. The van der Waals surface area contributed by atoms with E-state index in [9.17, 15) is 9.59 Å². The number of nitrogens with one attached hydrogen (secondary N) is 2. The maximum atomic E-state index is 13.3. The molecule has 0 radical (unpaired) electrons. The van der Waals surface area contributed by atoms with Crippen LogP contribution in [0.25, 0.3) is 0 Å². The van der Waals surface area contributed by atoms with Crippen LogP contribution in [0.4, 0.5) is 0 Å². The number of aromatic nitrogens is 3. The van der Waals surface area contributed by atoms with Crippen molar-refractivity contribution >= 4 is 5.91 Å². The van der Waals surface area contributed by atoms with Gasteiger partial charge in [0.15, 0.2) is 0 Å². The monoisotopic (exact) mass is 421 g/mol. The van der Waals surface area contributed by atoms with E-state index >= 15 is 0 Å². The first-order chi connectivity index (χ1) is 15.2. The molecule has 0 saturated carbocycles. The zero-order chi connectivity index (χ0) is 21.2. The number of piperidine rings is 1. The number of nitrogens with zero attached hydrogens (tertiary/aromatic N) is 3. The van der Waals surface area contributed by atoms with Crippen molar-refractivity contribution in [3.63, 3.8) is 0 Å². The molecule has 0 unspecified atom stereocenters. The van der Waals surface area contributed by atoms with Crippen LogP contribution in [0.2, 0.25) is 0 Å². The van der Waals surface area contributed by atoms with Gasteiger partial charge in [-0.05, 0) is 37.1 Å². The van der Waals surface area contributed by atoms with E-state index in [-0.39, 0.29) is 23.3 Å². The fourth-order valence-corrected chi connectivity index (χ4v) is 5.14. The first-order valence-corrected chi connectivity index (χ1v) is 10.9. The highest BCUT2D eigenvalue weighted by Crippen LogP contribution is 2.41. The van der Waals surface area contributed by atoms with Gasteiger partial charge >= 0.3 is 0 Å². The largest absolute Gasteiger partial charge is 0.469 e. The van der Waals surface area contributed by atoms with Gasteiger partial charge in [0.25, 0.3) is 5.56 Å². The summed E-state index contributed by atoms with van der Waals surface area (Å²) in [6.45, 7) is 2.97. The molecule has 8 nitrogen and oxygen atoms in total. The van der Waals surface area contributed by atoms with Crippen molar-refractivity contribution in [2.75, 3.05) is 19.6 Å². The van der Waals surface area contributed by atoms with E-state index in [1.54, 1.807) is 29.2 Å². The summed E-state index contributed by atoms with van der Waals surface area (Å²) in [6.07, 6.45) is 5.91. The minimum atomic E-state index is -0.479. The summed E-state index contributed by atoms with van der Waals surface area (Å²) in [7, 11) is 0. The maximum absolute atomic E-state index is 13.3. The second-order valence-electron chi connectivity index (χ2n) is 8.55. The molecule has 2 bridgehead atoms. The summed E-state index contributed by atoms with van der Waals surface area (Å²) in [5.41, 5.74) is 1.93. The summed E-state index contributed by atoms with van der Waals surface area (Å²) >= 11 is 0. The number of aryl methyl sites for hydroxylation is 1. The van der Waals surface area contributed by atoms with Crippen LogP contribution in [0.1, 0.15) is 41.9 Å². The lowest BCUT2D eigenvalue weighted by molar-refractivity contribution is -0.127. The van der Waals surface area contributed by atoms with E-state index in [1.165, 1.54) is 0 Å². The summed E-state index contributed by atoms with van der Waals surface area (Å²) in [5, 5.41) is 10.1. The normalized spacial score (nSPS) is 22.8. The second kappa shape index (κ2) is 8.55. The zero-order valence-electron chi connectivity index (χ0n) is 17.4. The Bertz CT molecular complexity index is 1070. The average molecular weight is 422 g/mol. The van der Waals surface area contributed by atoms with Gasteiger partial charge in [-0.15, -0.1) is 0 Å². The van der Waals surface area contributed by atoms with Crippen molar-refractivity contribution in [3.05, 3.63) is 76.4 Å². The molecule has 8 heteroatoms. The Morgan fingerprint density at radius 3 is 2.97 bits per heavy atom. The SMILES string of the molecule is O=C(NCCCc1ccco1)[C@H]1[C@@H]2C[C@@H](CN(Cc3ccn[nH]3)C2)c2cccc(=O)n21. The number of fused-ring (bicyclic) bond motifs is 4. The van der Waals surface area contributed by atoms with E-state index < -0.39 is 6.04 Å². The third-order valence-electron chi connectivity index (χ3n) is 6.42. The number of carbonyl (C=O) groups is 1. The number of hydrogen-bond acceptors (Lipinski definition) is 5. The van der Waals surface area contributed by atoms with Crippen LogP contribution < -0.4 is 10.9 Å². The number of carbonyl (C=O) groups excluding carboxylic acids is 1. The van der Waals surface area contributed by atoms with Gasteiger partial charge in [-0.2, -0.15) is 5.10 Å². The molecule has 5 heterocycles. The van der Waals surface area contributed by atoms with Crippen LogP contribution in [0, 0.1) is 5.92 Å². The average Bonchev–Trinajstić information content (AvgIpc) is 3.46. The lowest BCUT2D eigenvalue weighted by Crippen LogP contribution is -2.53. The number of pyridine rings is 1. The van der Waals surface area contributed by atoms with E-state index in [0.717, 1.165) is 56.0 Å². The number of amides is 1. The highest BCUT2D eigenvalue weighted by atomic mass is 16.3. The molecular weight excluding hydrogens is 394 g/mol. The van der Waals surface area contributed by atoms with Crippen LogP contribution >= 0.6 is 0 Å². The van der Waals surface area contributed by atoms with E-state index in [2.05, 4.69) is 20.4 Å². The van der Waals surface area contributed by atoms with Crippen molar-refractivity contribution in [1.29, 1.82) is 0 Å². The van der Waals surface area contributed by atoms with Gasteiger partial charge in [0, 0.05) is 68.1 Å². The van der Waals surface area contributed by atoms with Crippen molar-refractivity contribution in [2.24, 2.45) is 5.92 Å². The molecule has 1 fully saturated rings. The van der Waals surface area contributed by atoms with Crippen molar-refractivity contribution in [1.82, 2.24) is 25.0 Å². The smallest absolute Gasteiger partial charge is 0.251 e. The van der Waals surface area contributed by atoms with Crippen LogP contribution in [0.15, 0.2) is 58.1 Å². The highest BCUT2D eigenvalue weighted by molar-refractivity contribution is 5.81. The van der Waals surface area contributed by atoms with Crippen LogP contribution in [-0.2, 0) is 17.8 Å². The number of H-pyrrole nitrogens is 1. The van der Waals surface area contributed by atoms with Gasteiger partial charge in [0.1, 0.15) is 11.8 Å². The van der Waals surface area contributed by atoms with Gasteiger partial charge in [-0.3, -0.25) is 24.2 Å². The molecule has 2 N–H and O–H groups in total. The molecule has 31 heavy (non-hydrogen) atoms. The van der Waals surface area contributed by atoms with Crippen LogP contribution in [0.3, 0.4) is 0 Å². The topological polar surface area (TPSA) is 96.2 Å². The Labute approximate surface area is 180 Å². The fourth-order valence-electron chi connectivity index (χ4n) is 5.14. The number of rotatable bonds is 7. The molecule has 3 aromatic rings. The first kappa shape index (κ1) is 19.8. The Morgan fingerprint density at radius 1 is 1.23 bits per heavy atom. The molecule has 3 atom stereocenters. The van der Waals surface area contributed by atoms with Gasteiger partial charge in [-0.1, -0.05) is 6.07 Å². The lowest BCUT2D eigenvalue weighted by Gasteiger charge is -2.46. The third-order valence-corrected chi connectivity index (χ3v) is 6.42. The molecule has 0 aromatic carbocycles. The van der Waals surface area contributed by atoms with Gasteiger partial charge in [0.05, 0.1) is 6.26 Å². The molecule has 3 aromatic heterocycles. The molecule has 2 aliphatic heterocycles. The van der Waals surface area contributed by atoms with E-state index in [1.807, 2.05) is 24.3 Å². The predicted molar refractivity (Wildman–Crippen MR) is 114 cm³/mol. The highest BCUT2D eigenvalue weighted by Gasteiger charge is 2.43. The van der Waals surface area contributed by atoms with Gasteiger partial charge < -0.3 is 9.73 Å². The summed E-state index contributed by atoms with van der Waals surface area (Å²) in [5.74, 6) is 1.19. The van der Waals surface area contributed by atoms with Gasteiger partial charge in [0.2, 0.25) is 5.91 Å². The lowest BCUT2D eigenvalue weighted by atomic mass is 9.78. The molecule has 1 amide bonds. The van der Waals surface area contributed by atoms with Crippen molar-refractivity contribution in [2.45, 2.75) is 37.8 Å². The molecule has 5 rings (SSSR count). The zero-order valence-corrected chi connectivity index (χ0v) is 17.4. The predicted octanol–water partition coefficient (Wildman–Crippen LogP) is 2.07. The van der Waals surface area contributed by atoms with Gasteiger partial charge in [-0.25, -0.2) is 0 Å². The van der Waals surface area contributed by atoms with E-state index in [4.69, 9.17) is 4.42 Å². The molecule has 1 saturated heterocycles. The van der Waals surface area contributed by atoms with Crippen LogP contribution in [-0.4, -0.2) is 45.2 Å². The van der Waals surface area contributed by atoms with Crippen molar-refractivity contribution in [3.8, 4) is 0 Å². The maximum Gasteiger partial charge on any atom is 0.251 e. The Kier molecular flexibility index (Phi) is 5.46. The molecule has 162 valence electrons. The fraction of sp³-hybridized carbons (Fsp3) is 0.435. The molecular formula is C23H27N5O3. The Morgan fingerprint density at radius 2 is 2.16 bits per heavy atom. The minimum Gasteiger partial charge on any atom is -0.469 e. The number of hydrogen-bond donors (Lipinski definition) is 2. The summed E-state index contributed by atoms with van der Waals surface area (Å²) in [4.78, 5) is 28.4. The molecule has 2 aliphatic rings. The summed E-state index contributed by atoms with van der Waals surface area (Å²) < 4.78 is 7.10. The Hall–Kier alpha value is -3.13. The molecule has 0 spiro atoms. The number of likely N-dealkylation sites (tertiary alicyclic amines) is 1. The van der Waals surface area contributed by atoms with Crippen molar-refractivity contribution < 1.29 is 9.21 Å². The minimum absolute atomic E-state index is 0.0687. The first-order valence-electron chi connectivity index (χ1n) is 10.9. The number of aromatic amines is 1. The van der Waals surface area contributed by atoms with Crippen LogP contribution in [0.5, 0.6) is 0 Å². The molecule has 0 aliphatic carbocycles. The summed E-state index contributed by atoms with van der Waals surface area (Å²) in [6, 6.07) is 10.7. The van der Waals surface area contributed by atoms with E-state index in [0.29, 0.717) is 6.54 Å². The third kappa shape index (κ3) is 4.07. The Balaban J connectivity index is 1.33. The second-order valence-corrected chi connectivity index (χ2v) is 8.55. The quantitative estimate of drug-likeness (QED) is 0.570.